The number of nitrogens with one attached hydrogen (secondary N) is 1. The van der Waals surface area contributed by atoms with E-state index in [1.54, 1.807) is 11.8 Å². The number of anilines is 1. The lowest BCUT2D eigenvalue weighted by Gasteiger charge is -2.29. The lowest BCUT2D eigenvalue weighted by Crippen LogP contribution is -2.29. The van der Waals surface area contributed by atoms with Gasteiger partial charge in [0.15, 0.2) is 5.17 Å². The van der Waals surface area contributed by atoms with E-state index in [0.29, 0.717) is 0 Å². The molecule has 1 heterocycles. The molecule has 0 radical (unpaired) electrons. The number of benzene rings is 1. The van der Waals surface area contributed by atoms with E-state index in [4.69, 9.17) is 9.73 Å². The summed E-state index contributed by atoms with van der Waals surface area (Å²) in [5, 5.41) is 4.43. The monoisotopic (exact) mass is 292 g/mol. The number of rotatable bonds is 4. The summed E-state index contributed by atoms with van der Waals surface area (Å²) in [6.45, 7) is 8.50. The molecule has 0 saturated carbocycles. The maximum atomic E-state index is 5.65. The molecule has 2 rings (SSSR count). The number of hydrogen-bond donors (Lipinski definition) is 1. The molecule has 0 fully saturated rings. The van der Waals surface area contributed by atoms with Gasteiger partial charge in [-0.2, -0.15) is 0 Å². The van der Waals surface area contributed by atoms with Gasteiger partial charge in [-0.1, -0.05) is 18.7 Å². The van der Waals surface area contributed by atoms with Crippen LogP contribution in [0.4, 0.5) is 5.69 Å². The van der Waals surface area contributed by atoms with E-state index >= 15 is 0 Å². The fourth-order valence-electron chi connectivity index (χ4n) is 2.03. The summed E-state index contributed by atoms with van der Waals surface area (Å²) < 4.78 is 5.65. The van der Waals surface area contributed by atoms with Crippen molar-refractivity contribution in [3.63, 3.8) is 0 Å². The van der Waals surface area contributed by atoms with Crippen LogP contribution in [0.1, 0.15) is 40.5 Å². The second kappa shape index (κ2) is 6.53. The minimum Gasteiger partial charge on any atom is -0.491 e. The van der Waals surface area contributed by atoms with Crippen LogP contribution in [-0.2, 0) is 0 Å². The van der Waals surface area contributed by atoms with Crippen molar-refractivity contribution in [3.05, 3.63) is 24.3 Å². The van der Waals surface area contributed by atoms with Gasteiger partial charge in [-0.25, -0.2) is 0 Å². The molecule has 0 bridgehead atoms. The van der Waals surface area contributed by atoms with Crippen LogP contribution in [0.2, 0.25) is 0 Å². The molecule has 1 unspecified atom stereocenters. The Morgan fingerprint density at radius 1 is 1.35 bits per heavy atom. The third-order valence-corrected chi connectivity index (χ3v) is 4.36. The summed E-state index contributed by atoms with van der Waals surface area (Å²) in [6.07, 6.45) is 2.44. The van der Waals surface area contributed by atoms with Crippen molar-refractivity contribution in [1.82, 2.24) is 0 Å². The molecule has 1 aliphatic heterocycles. The topological polar surface area (TPSA) is 33.6 Å². The summed E-state index contributed by atoms with van der Waals surface area (Å²) in [5.41, 5.74) is 1.15. The minimum absolute atomic E-state index is 0.0915. The van der Waals surface area contributed by atoms with E-state index in [-0.39, 0.29) is 11.6 Å². The normalized spacial score (nSPS) is 22.6. The van der Waals surface area contributed by atoms with Gasteiger partial charge in [0.1, 0.15) is 5.75 Å². The smallest absolute Gasteiger partial charge is 0.161 e. The van der Waals surface area contributed by atoms with Crippen LogP contribution >= 0.6 is 11.8 Å². The first-order valence-corrected chi connectivity index (χ1v) is 8.26. The maximum absolute atomic E-state index is 5.65. The number of thioether (sulfide) groups is 1. The van der Waals surface area contributed by atoms with Crippen LogP contribution < -0.4 is 10.1 Å². The van der Waals surface area contributed by atoms with E-state index in [2.05, 4.69) is 19.2 Å². The molecule has 0 aliphatic carbocycles. The minimum atomic E-state index is 0.0915. The number of hydrogen-bond acceptors (Lipinski definition) is 4. The van der Waals surface area contributed by atoms with Gasteiger partial charge in [0.2, 0.25) is 0 Å². The second-order valence-electron chi connectivity index (χ2n) is 5.68. The maximum Gasteiger partial charge on any atom is 0.161 e. The van der Waals surface area contributed by atoms with Gasteiger partial charge in [-0.3, -0.25) is 4.99 Å². The molecule has 0 aromatic heterocycles. The van der Waals surface area contributed by atoms with Gasteiger partial charge < -0.3 is 10.1 Å². The Kier molecular flexibility index (Phi) is 4.97. The van der Waals surface area contributed by atoms with E-state index in [1.807, 2.05) is 38.1 Å². The summed E-state index contributed by atoms with van der Waals surface area (Å²) in [5.74, 6) is 2.03. The Bertz CT molecular complexity index is 470. The largest absolute Gasteiger partial charge is 0.491 e. The molecule has 1 N–H and O–H groups in total. The molecule has 1 atom stereocenters. The Hall–Kier alpha value is -1.16. The number of aliphatic imine (C=N–C) groups is 1. The SMILES string of the molecule is CCC1(C)CCSC(Nc2ccc(OC(C)C)cc2)=N1. The van der Waals surface area contributed by atoms with Crippen LogP contribution in [0.3, 0.4) is 0 Å². The summed E-state index contributed by atoms with van der Waals surface area (Å²) in [4.78, 5) is 4.84. The highest BCUT2D eigenvalue weighted by Gasteiger charge is 2.25. The van der Waals surface area contributed by atoms with Crippen LogP contribution in [0, 0.1) is 0 Å². The van der Waals surface area contributed by atoms with Crippen molar-refractivity contribution in [1.29, 1.82) is 0 Å². The molecular formula is C16H24N2OS. The molecule has 20 heavy (non-hydrogen) atoms. The molecule has 1 aromatic carbocycles. The second-order valence-corrected chi connectivity index (χ2v) is 6.77. The zero-order valence-corrected chi connectivity index (χ0v) is 13.6. The van der Waals surface area contributed by atoms with Gasteiger partial charge in [-0.15, -0.1) is 0 Å². The zero-order valence-electron chi connectivity index (χ0n) is 12.8. The van der Waals surface area contributed by atoms with Gasteiger partial charge >= 0.3 is 0 Å². The lowest BCUT2D eigenvalue weighted by atomic mass is 9.97. The van der Waals surface area contributed by atoms with Crippen molar-refractivity contribution in [2.75, 3.05) is 11.1 Å². The number of ether oxygens (including phenoxy) is 1. The van der Waals surface area contributed by atoms with Crippen LogP contribution in [-0.4, -0.2) is 22.6 Å². The Morgan fingerprint density at radius 2 is 2.05 bits per heavy atom. The van der Waals surface area contributed by atoms with Gasteiger partial charge in [-0.05, 0) is 57.9 Å². The van der Waals surface area contributed by atoms with E-state index < -0.39 is 0 Å². The van der Waals surface area contributed by atoms with Gasteiger partial charge in [0.05, 0.1) is 11.6 Å². The predicted molar refractivity (Wildman–Crippen MR) is 89.0 cm³/mol. The van der Waals surface area contributed by atoms with E-state index in [9.17, 15) is 0 Å². The highest BCUT2D eigenvalue weighted by Crippen LogP contribution is 2.30. The highest BCUT2D eigenvalue weighted by molar-refractivity contribution is 8.14. The lowest BCUT2D eigenvalue weighted by molar-refractivity contribution is 0.242. The molecule has 0 saturated heterocycles. The fraction of sp³-hybridized carbons (Fsp3) is 0.562. The standard InChI is InChI=1S/C16H24N2OS/c1-5-16(4)10-11-20-15(18-16)17-13-6-8-14(9-7-13)19-12(2)3/h6-9,12H,5,10-11H2,1-4H3,(H,17,18). The van der Waals surface area contributed by atoms with Crippen molar-refractivity contribution in [3.8, 4) is 5.75 Å². The first kappa shape index (κ1) is 15.2. The van der Waals surface area contributed by atoms with Crippen LogP contribution in [0.25, 0.3) is 0 Å². The molecule has 1 aromatic rings. The van der Waals surface area contributed by atoms with Crippen molar-refractivity contribution < 1.29 is 4.74 Å². The van der Waals surface area contributed by atoms with Crippen LogP contribution in [0.5, 0.6) is 5.75 Å². The molecule has 0 amide bonds. The molecule has 0 spiro atoms. The Balaban J connectivity index is 2.03. The molecule has 1 aliphatic rings. The zero-order chi connectivity index (χ0) is 14.6. The quantitative estimate of drug-likeness (QED) is 0.884. The summed E-state index contributed by atoms with van der Waals surface area (Å²) >= 11 is 1.80. The number of nitrogens with zero attached hydrogens (tertiary/aromatic N) is 1. The molecule has 4 heteroatoms. The third-order valence-electron chi connectivity index (χ3n) is 3.49. The van der Waals surface area contributed by atoms with Gasteiger partial charge in [0, 0.05) is 11.4 Å². The summed E-state index contributed by atoms with van der Waals surface area (Å²) in [6, 6.07) is 8.07. The molecule has 110 valence electrons. The highest BCUT2D eigenvalue weighted by atomic mass is 32.2. The van der Waals surface area contributed by atoms with E-state index in [0.717, 1.165) is 35.2 Å². The van der Waals surface area contributed by atoms with Gasteiger partial charge in [0.25, 0.3) is 0 Å². The average Bonchev–Trinajstić information content (AvgIpc) is 2.41. The Morgan fingerprint density at radius 3 is 2.65 bits per heavy atom. The predicted octanol–water partition coefficient (Wildman–Crippen LogP) is 4.55. The Labute approximate surface area is 126 Å². The number of amidine groups is 1. The van der Waals surface area contributed by atoms with Crippen molar-refractivity contribution >= 4 is 22.6 Å². The van der Waals surface area contributed by atoms with Crippen molar-refractivity contribution in [2.45, 2.75) is 52.2 Å². The van der Waals surface area contributed by atoms with E-state index in [1.165, 1.54) is 0 Å². The van der Waals surface area contributed by atoms with Crippen LogP contribution in [0.15, 0.2) is 29.3 Å². The first-order valence-electron chi connectivity index (χ1n) is 7.27. The first-order chi connectivity index (χ1) is 9.50. The summed E-state index contributed by atoms with van der Waals surface area (Å²) in [7, 11) is 0. The fourth-order valence-corrected chi connectivity index (χ4v) is 3.24. The molecular weight excluding hydrogens is 268 g/mol. The third kappa shape index (κ3) is 4.17. The molecule has 3 nitrogen and oxygen atoms in total. The average molecular weight is 292 g/mol. The van der Waals surface area contributed by atoms with Crippen molar-refractivity contribution in [2.24, 2.45) is 4.99 Å².